The molecule has 0 aliphatic heterocycles. The molecule has 0 fully saturated rings. The molecule has 21 heavy (non-hydrogen) atoms. The monoisotopic (exact) mass is 302 g/mol. The van der Waals surface area contributed by atoms with E-state index in [0.29, 0.717) is 28.9 Å². The van der Waals surface area contributed by atoms with Gasteiger partial charge in [0.2, 0.25) is 0 Å². The van der Waals surface area contributed by atoms with Crippen molar-refractivity contribution in [3.8, 4) is 0 Å². The molecule has 0 aliphatic carbocycles. The first-order chi connectivity index (χ1) is 10.1. The lowest BCUT2D eigenvalue weighted by molar-refractivity contribution is 0.0952. The Balaban J connectivity index is 2.20. The Morgan fingerprint density at radius 3 is 2.71 bits per heavy atom. The number of hydrogen-bond acceptors (Lipinski definition) is 4. The number of aryl methyl sites for hydroxylation is 1. The highest BCUT2D eigenvalue weighted by atomic mass is 35.5. The standard InChI is InChI=1S/C15H15ClN4O/c1-3-8-17-15(21)13-9-14(19-10(2)18-13)20-12-6-4-11(16)5-7-12/h3-7,9H,1,8H2,2H3,(H,17,21)(H,18,19,20). The van der Waals surface area contributed by atoms with E-state index in [1.807, 2.05) is 12.1 Å². The van der Waals surface area contributed by atoms with Crippen LogP contribution in [0.25, 0.3) is 0 Å². The Morgan fingerprint density at radius 1 is 1.33 bits per heavy atom. The van der Waals surface area contributed by atoms with Crippen molar-refractivity contribution in [3.05, 3.63) is 59.5 Å². The van der Waals surface area contributed by atoms with E-state index in [9.17, 15) is 4.79 Å². The van der Waals surface area contributed by atoms with Crippen molar-refractivity contribution in [2.24, 2.45) is 0 Å². The molecule has 0 atom stereocenters. The molecule has 0 unspecified atom stereocenters. The second kappa shape index (κ2) is 6.85. The minimum Gasteiger partial charge on any atom is -0.347 e. The van der Waals surface area contributed by atoms with Crippen molar-refractivity contribution < 1.29 is 4.79 Å². The van der Waals surface area contributed by atoms with E-state index < -0.39 is 0 Å². The molecule has 0 saturated heterocycles. The number of carbonyl (C=O) groups excluding carboxylic acids is 1. The predicted octanol–water partition coefficient (Wildman–Crippen LogP) is 3.10. The molecule has 6 heteroatoms. The van der Waals surface area contributed by atoms with Crippen molar-refractivity contribution in [1.29, 1.82) is 0 Å². The van der Waals surface area contributed by atoms with E-state index in [-0.39, 0.29) is 5.91 Å². The minimum atomic E-state index is -0.264. The van der Waals surface area contributed by atoms with Crippen LogP contribution in [0.5, 0.6) is 0 Å². The molecular formula is C15H15ClN4O. The maximum absolute atomic E-state index is 11.9. The summed E-state index contributed by atoms with van der Waals surface area (Å²) in [7, 11) is 0. The molecule has 2 aromatic rings. The summed E-state index contributed by atoms with van der Waals surface area (Å²) in [5.41, 5.74) is 1.13. The van der Waals surface area contributed by atoms with Crippen LogP contribution in [-0.4, -0.2) is 22.4 Å². The first kappa shape index (κ1) is 15.0. The van der Waals surface area contributed by atoms with E-state index in [1.54, 1.807) is 31.2 Å². The lowest BCUT2D eigenvalue weighted by Crippen LogP contribution is -2.24. The number of hydrogen-bond donors (Lipinski definition) is 2. The number of benzene rings is 1. The summed E-state index contributed by atoms with van der Waals surface area (Å²) in [6.45, 7) is 5.68. The molecule has 1 aromatic heterocycles. The molecule has 1 heterocycles. The molecule has 0 radical (unpaired) electrons. The van der Waals surface area contributed by atoms with Gasteiger partial charge in [-0.05, 0) is 31.2 Å². The van der Waals surface area contributed by atoms with Gasteiger partial charge in [0.25, 0.3) is 5.91 Å². The molecule has 0 saturated carbocycles. The van der Waals surface area contributed by atoms with Crippen LogP contribution in [0, 0.1) is 6.92 Å². The summed E-state index contributed by atoms with van der Waals surface area (Å²) in [4.78, 5) is 20.3. The average Bonchev–Trinajstić information content (AvgIpc) is 2.46. The smallest absolute Gasteiger partial charge is 0.270 e. The molecule has 0 aliphatic rings. The second-order valence-corrected chi connectivity index (χ2v) is 4.75. The summed E-state index contributed by atoms with van der Waals surface area (Å²) in [5, 5.41) is 6.45. The molecule has 108 valence electrons. The van der Waals surface area contributed by atoms with Crippen LogP contribution in [0.15, 0.2) is 43.0 Å². The second-order valence-electron chi connectivity index (χ2n) is 4.32. The maximum Gasteiger partial charge on any atom is 0.270 e. The van der Waals surface area contributed by atoms with Gasteiger partial charge in [-0.1, -0.05) is 17.7 Å². The van der Waals surface area contributed by atoms with E-state index in [1.165, 1.54) is 0 Å². The molecule has 0 spiro atoms. The van der Waals surface area contributed by atoms with Gasteiger partial charge in [-0.2, -0.15) is 0 Å². The molecular weight excluding hydrogens is 288 g/mol. The topological polar surface area (TPSA) is 66.9 Å². The Morgan fingerprint density at radius 2 is 2.05 bits per heavy atom. The number of halogens is 1. The molecule has 0 bridgehead atoms. The summed E-state index contributed by atoms with van der Waals surface area (Å²) in [5.74, 6) is 0.797. The first-order valence-electron chi connectivity index (χ1n) is 6.36. The quantitative estimate of drug-likeness (QED) is 0.833. The summed E-state index contributed by atoms with van der Waals surface area (Å²) in [6, 6.07) is 8.81. The van der Waals surface area contributed by atoms with Crippen LogP contribution in [0.1, 0.15) is 16.3 Å². The lowest BCUT2D eigenvalue weighted by atomic mass is 10.3. The van der Waals surface area contributed by atoms with Crippen LogP contribution in [0.3, 0.4) is 0 Å². The van der Waals surface area contributed by atoms with Crippen molar-refractivity contribution in [2.45, 2.75) is 6.92 Å². The van der Waals surface area contributed by atoms with E-state index in [0.717, 1.165) is 5.69 Å². The Hall–Kier alpha value is -2.40. The van der Waals surface area contributed by atoms with Gasteiger partial charge < -0.3 is 10.6 Å². The number of carbonyl (C=O) groups is 1. The third-order valence-corrected chi connectivity index (χ3v) is 2.85. The van der Waals surface area contributed by atoms with Crippen molar-refractivity contribution >= 4 is 29.0 Å². The highest BCUT2D eigenvalue weighted by Gasteiger charge is 2.09. The number of amides is 1. The molecule has 1 aromatic carbocycles. The average molecular weight is 303 g/mol. The SMILES string of the molecule is C=CCNC(=O)c1cc(Nc2ccc(Cl)cc2)nc(C)n1. The molecule has 5 nitrogen and oxygen atoms in total. The van der Waals surface area contributed by atoms with E-state index >= 15 is 0 Å². The Labute approximate surface area is 128 Å². The molecule has 2 N–H and O–H groups in total. The number of nitrogens with one attached hydrogen (secondary N) is 2. The highest BCUT2D eigenvalue weighted by molar-refractivity contribution is 6.30. The van der Waals surface area contributed by atoms with Gasteiger partial charge in [0.05, 0.1) is 0 Å². The fraction of sp³-hybridized carbons (Fsp3) is 0.133. The number of rotatable bonds is 5. The van der Waals surface area contributed by atoms with Crippen molar-refractivity contribution in [2.75, 3.05) is 11.9 Å². The minimum absolute atomic E-state index is 0.264. The molecule has 2 rings (SSSR count). The fourth-order valence-corrected chi connectivity index (χ4v) is 1.81. The van der Waals surface area contributed by atoms with Gasteiger partial charge in [-0.15, -0.1) is 6.58 Å². The number of aromatic nitrogens is 2. The summed E-state index contributed by atoms with van der Waals surface area (Å²) < 4.78 is 0. The number of nitrogens with zero attached hydrogens (tertiary/aromatic N) is 2. The third-order valence-electron chi connectivity index (χ3n) is 2.59. The summed E-state index contributed by atoms with van der Waals surface area (Å²) >= 11 is 5.84. The zero-order valence-corrected chi connectivity index (χ0v) is 12.3. The van der Waals surface area contributed by atoms with Gasteiger partial charge in [0, 0.05) is 23.3 Å². The van der Waals surface area contributed by atoms with E-state index in [2.05, 4.69) is 27.2 Å². The van der Waals surface area contributed by atoms with Gasteiger partial charge >= 0.3 is 0 Å². The van der Waals surface area contributed by atoms with Gasteiger partial charge in [0.15, 0.2) is 0 Å². The van der Waals surface area contributed by atoms with Crippen molar-refractivity contribution in [1.82, 2.24) is 15.3 Å². The van der Waals surface area contributed by atoms with Crippen LogP contribution < -0.4 is 10.6 Å². The molecule has 1 amide bonds. The van der Waals surface area contributed by atoms with Gasteiger partial charge in [-0.25, -0.2) is 9.97 Å². The first-order valence-corrected chi connectivity index (χ1v) is 6.73. The van der Waals surface area contributed by atoms with Crippen LogP contribution >= 0.6 is 11.6 Å². The Bertz CT molecular complexity index is 655. The van der Waals surface area contributed by atoms with Crippen molar-refractivity contribution in [3.63, 3.8) is 0 Å². The van der Waals surface area contributed by atoms with E-state index in [4.69, 9.17) is 11.6 Å². The zero-order valence-electron chi connectivity index (χ0n) is 11.6. The zero-order chi connectivity index (χ0) is 15.2. The maximum atomic E-state index is 11.9. The predicted molar refractivity (Wildman–Crippen MR) is 84.0 cm³/mol. The number of anilines is 2. The summed E-state index contributed by atoms with van der Waals surface area (Å²) in [6.07, 6.45) is 1.61. The van der Waals surface area contributed by atoms with Crippen LogP contribution in [0.2, 0.25) is 5.02 Å². The normalized spacial score (nSPS) is 10.0. The highest BCUT2D eigenvalue weighted by Crippen LogP contribution is 2.18. The van der Waals surface area contributed by atoms with Gasteiger partial charge in [-0.3, -0.25) is 4.79 Å². The Kier molecular flexibility index (Phi) is 4.90. The third kappa shape index (κ3) is 4.29. The van der Waals surface area contributed by atoms with Crippen LogP contribution in [-0.2, 0) is 0 Å². The van der Waals surface area contributed by atoms with Gasteiger partial charge in [0.1, 0.15) is 17.3 Å². The lowest BCUT2D eigenvalue weighted by Gasteiger charge is -2.08. The largest absolute Gasteiger partial charge is 0.347 e. The van der Waals surface area contributed by atoms with Crippen LogP contribution in [0.4, 0.5) is 11.5 Å². The fourth-order valence-electron chi connectivity index (χ4n) is 1.68.